The highest BCUT2D eigenvalue weighted by molar-refractivity contribution is 9.10. The Labute approximate surface area is 268 Å². The number of nitrogens with one attached hydrogen (secondary N) is 1. The van der Waals surface area contributed by atoms with Crippen LogP contribution in [0.25, 0.3) is 11.1 Å². The van der Waals surface area contributed by atoms with Gasteiger partial charge in [0.05, 0.1) is 16.6 Å². The first-order chi connectivity index (χ1) is 20.8. The number of aliphatic hydroxyl groups is 1. The number of aromatic nitrogens is 1. The van der Waals surface area contributed by atoms with E-state index in [0.29, 0.717) is 29.6 Å². The van der Waals surface area contributed by atoms with Crippen molar-refractivity contribution >= 4 is 45.2 Å². The van der Waals surface area contributed by atoms with Crippen LogP contribution in [-0.4, -0.2) is 99.8 Å². The summed E-state index contributed by atoms with van der Waals surface area (Å²) in [5.41, 5.74) is -1.26. The maximum Gasteiger partial charge on any atom is 0.418 e. The minimum atomic E-state index is -4.82. The fraction of sp³-hybridized carbons (Fsp3) is 0.700. The van der Waals surface area contributed by atoms with Gasteiger partial charge in [-0.1, -0.05) is 6.07 Å². The smallest absolute Gasteiger partial charge is 0.418 e. The summed E-state index contributed by atoms with van der Waals surface area (Å²) < 4.78 is 56.2. The maximum absolute atomic E-state index is 13.0. The molecule has 1 aromatic carbocycles. The number of hydrogen-bond donors (Lipinski definition) is 2. The molecule has 2 amide bonds. The molecule has 5 aliphatic heterocycles. The van der Waals surface area contributed by atoms with Crippen LogP contribution in [0.5, 0.6) is 0 Å². The number of carbonyl (C=O) groups excluding carboxylic acids is 2. The average Bonchev–Trinajstić information content (AvgIpc) is 3.46. The number of anilines is 1. The lowest BCUT2D eigenvalue weighted by Crippen LogP contribution is -2.70. The molecule has 5 fully saturated rings. The number of fused-ring (bicyclic) bond motifs is 5. The molecule has 5 aliphatic rings. The Kier molecular flexibility index (Phi) is 9.03. The van der Waals surface area contributed by atoms with Crippen molar-refractivity contribution in [2.45, 2.75) is 108 Å². The van der Waals surface area contributed by atoms with Crippen molar-refractivity contribution in [2.24, 2.45) is 0 Å². The van der Waals surface area contributed by atoms with Crippen molar-refractivity contribution in [2.75, 3.05) is 31.1 Å². The second kappa shape index (κ2) is 12.1. The van der Waals surface area contributed by atoms with Gasteiger partial charge in [-0.15, -0.1) is 0 Å². The number of alkyl halides is 3. The van der Waals surface area contributed by atoms with E-state index in [1.807, 2.05) is 25.7 Å². The average molecular weight is 705 g/mol. The summed E-state index contributed by atoms with van der Waals surface area (Å²) in [4.78, 5) is 34.0. The van der Waals surface area contributed by atoms with E-state index in [9.17, 15) is 27.9 Å². The molecule has 15 heteroatoms. The molecule has 5 atom stereocenters. The van der Waals surface area contributed by atoms with Gasteiger partial charge in [-0.2, -0.15) is 18.2 Å². The highest BCUT2D eigenvalue weighted by Crippen LogP contribution is 2.41. The van der Waals surface area contributed by atoms with E-state index < -0.39 is 17.9 Å². The standard InChI is InChI=1S/C19H21BrF3N3O4.C11H20N2O2/c1-18(2,3)30-17(28)26-9-6-10(26)8-25(7-9)16-24-13-11(15(27)19(21,22)23)4-5-12(20)14(13)29-16;1-11(2,3)15-10(14)13-8-4-5-9(13)7-12-6-8/h4-5,9-10,15,27H,6-8H2,1-3H3;8-9,12H,4-7H2,1-3H3. The summed E-state index contributed by atoms with van der Waals surface area (Å²) in [7, 11) is 0. The number of carbonyl (C=O) groups is 2. The first kappa shape index (κ1) is 33.6. The summed E-state index contributed by atoms with van der Waals surface area (Å²) in [6, 6.07) is 3.24. The molecule has 2 aromatic rings. The van der Waals surface area contributed by atoms with Gasteiger partial charge in [-0.25, -0.2) is 9.59 Å². The molecule has 5 unspecified atom stereocenters. The predicted octanol–water partition coefficient (Wildman–Crippen LogP) is 5.74. The van der Waals surface area contributed by atoms with Crippen molar-refractivity contribution in [1.29, 1.82) is 0 Å². The SMILES string of the molecule is CC(C)(C)OC(=O)N1C2CC1CN(c1nc3c(C(O)C(F)(F)F)ccc(Br)c3o1)C2.CC(C)(C)OC(=O)N1C2CCC1CNC2. The van der Waals surface area contributed by atoms with Gasteiger partial charge >= 0.3 is 18.4 Å². The number of rotatable bonds is 2. The normalized spacial score (nSPS) is 25.4. The number of benzene rings is 1. The van der Waals surface area contributed by atoms with Crippen molar-refractivity contribution in [3.63, 3.8) is 0 Å². The van der Waals surface area contributed by atoms with Crippen LogP contribution in [-0.2, 0) is 9.47 Å². The van der Waals surface area contributed by atoms with Gasteiger partial charge in [-0.05, 0) is 82.8 Å². The maximum atomic E-state index is 13.0. The molecule has 250 valence electrons. The first-order valence-electron chi connectivity index (χ1n) is 15.1. The van der Waals surface area contributed by atoms with E-state index >= 15 is 0 Å². The third-order valence-electron chi connectivity index (χ3n) is 8.17. The highest BCUT2D eigenvalue weighted by Gasteiger charge is 2.50. The molecule has 7 rings (SSSR count). The number of aliphatic hydroxyl groups excluding tert-OH is 1. The molecule has 11 nitrogen and oxygen atoms in total. The van der Waals surface area contributed by atoms with E-state index in [1.54, 1.807) is 30.6 Å². The van der Waals surface area contributed by atoms with Crippen LogP contribution >= 0.6 is 15.9 Å². The summed E-state index contributed by atoms with van der Waals surface area (Å²) >= 11 is 3.26. The van der Waals surface area contributed by atoms with E-state index in [1.165, 1.54) is 12.1 Å². The predicted molar refractivity (Wildman–Crippen MR) is 163 cm³/mol. The van der Waals surface area contributed by atoms with Crippen molar-refractivity contribution in [3.05, 3.63) is 22.2 Å². The quantitative estimate of drug-likeness (QED) is 0.403. The molecule has 0 saturated carbocycles. The third-order valence-corrected chi connectivity index (χ3v) is 8.80. The van der Waals surface area contributed by atoms with Gasteiger partial charge < -0.3 is 29.2 Å². The second-order valence-electron chi connectivity index (χ2n) is 14.0. The number of oxazole rings is 1. The number of nitrogens with zero attached hydrogens (tertiary/aromatic N) is 4. The lowest BCUT2D eigenvalue weighted by molar-refractivity contribution is -0.206. The fourth-order valence-corrected chi connectivity index (χ4v) is 6.69. The summed E-state index contributed by atoms with van der Waals surface area (Å²) in [6.07, 6.45) is -4.97. The monoisotopic (exact) mass is 703 g/mol. The van der Waals surface area contributed by atoms with E-state index in [0.717, 1.165) is 32.4 Å². The van der Waals surface area contributed by atoms with Gasteiger partial charge in [0.25, 0.3) is 6.01 Å². The fourth-order valence-electron chi connectivity index (χ4n) is 6.29. The van der Waals surface area contributed by atoms with Crippen LogP contribution in [0.2, 0.25) is 0 Å². The van der Waals surface area contributed by atoms with E-state index in [2.05, 4.69) is 26.2 Å². The molecule has 4 bridgehead atoms. The van der Waals surface area contributed by atoms with Gasteiger partial charge in [-0.3, -0.25) is 9.80 Å². The zero-order valence-corrected chi connectivity index (χ0v) is 27.9. The Balaban J connectivity index is 0.000000223. The van der Waals surface area contributed by atoms with Crippen LogP contribution in [0.15, 0.2) is 21.0 Å². The summed E-state index contributed by atoms with van der Waals surface area (Å²) in [6.45, 7) is 13.8. The van der Waals surface area contributed by atoms with Crippen LogP contribution in [0, 0.1) is 0 Å². The Morgan fingerprint density at radius 2 is 1.47 bits per heavy atom. The Bertz CT molecular complexity index is 1400. The molecule has 2 N–H and O–H groups in total. The van der Waals surface area contributed by atoms with Crippen LogP contribution < -0.4 is 10.2 Å². The van der Waals surface area contributed by atoms with Crippen molar-refractivity contribution in [1.82, 2.24) is 20.1 Å². The third kappa shape index (κ3) is 7.30. The van der Waals surface area contributed by atoms with Gasteiger partial charge in [0, 0.05) is 43.8 Å². The molecular weight excluding hydrogens is 663 g/mol. The van der Waals surface area contributed by atoms with Crippen LogP contribution in [0.4, 0.5) is 28.8 Å². The molecule has 6 heterocycles. The summed E-state index contributed by atoms with van der Waals surface area (Å²) in [5.74, 6) is 0. The Hall–Kier alpha value is -2.78. The summed E-state index contributed by atoms with van der Waals surface area (Å²) in [5, 5.41) is 13.1. The minimum Gasteiger partial charge on any atom is -0.444 e. The molecule has 45 heavy (non-hydrogen) atoms. The highest BCUT2D eigenvalue weighted by atomic mass is 79.9. The lowest BCUT2D eigenvalue weighted by Gasteiger charge is -2.55. The lowest BCUT2D eigenvalue weighted by atomic mass is 9.88. The van der Waals surface area contributed by atoms with E-state index in [-0.39, 0.29) is 52.5 Å². The van der Waals surface area contributed by atoms with Gasteiger partial charge in [0.2, 0.25) is 0 Å². The van der Waals surface area contributed by atoms with Gasteiger partial charge in [0.15, 0.2) is 11.7 Å². The number of hydrogen-bond acceptors (Lipinski definition) is 9. The molecule has 0 radical (unpaired) electrons. The molecule has 5 saturated heterocycles. The Morgan fingerprint density at radius 1 is 0.956 bits per heavy atom. The number of halogens is 4. The van der Waals surface area contributed by atoms with E-state index in [4.69, 9.17) is 13.9 Å². The number of piperidine rings is 1. The van der Waals surface area contributed by atoms with Crippen molar-refractivity contribution < 1.29 is 41.8 Å². The molecule has 1 aromatic heterocycles. The minimum absolute atomic E-state index is 0.0487. The number of piperazine rings is 2. The second-order valence-corrected chi connectivity index (χ2v) is 14.9. The number of ether oxygens (including phenoxy) is 2. The molecule has 0 spiro atoms. The molecular formula is C30H41BrF3N5O6. The van der Waals surface area contributed by atoms with Gasteiger partial charge in [0.1, 0.15) is 16.7 Å². The van der Waals surface area contributed by atoms with Crippen LogP contribution in [0.3, 0.4) is 0 Å². The first-order valence-corrected chi connectivity index (χ1v) is 15.9. The number of amides is 2. The van der Waals surface area contributed by atoms with Crippen LogP contribution in [0.1, 0.15) is 72.5 Å². The largest absolute Gasteiger partial charge is 0.444 e. The Morgan fingerprint density at radius 3 is 1.96 bits per heavy atom. The zero-order valence-electron chi connectivity index (χ0n) is 26.3. The zero-order chi connectivity index (χ0) is 33.1. The topological polar surface area (TPSA) is 121 Å². The molecule has 0 aliphatic carbocycles. The van der Waals surface area contributed by atoms with Crippen molar-refractivity contribution in [3.8, 4) is 0 Å².